The molecule has 4 fully saturated rings. The average Bonchev–Trinajstić information content (AvgIpc) is 2.73. The van der Waals surface area contributed by atoms with Crippen molar-refractivity contribution in [2.45, 2.75) is 105 Å². The zero-order chi connectivity index (χ0) is 23.3. The lowest BCUT2D eigenvalue weighted by Crippen LogP contribution is -2.62. The molecule has 0 aromatic carbocycles. The van der Waals surface area contributed by atoms with E-state index in [1.807, 2.05) is 0 Å². The van der Waals surface area contributed by atoms with Gasteiger partial charge in [0.15, 0.2) is 0 Å². The molecule has 3 nitrogen and oxygen atoms in total. The fraction of sp³-hybridized carbons (Fsp3) is 0.897. The number of hydrogen-bond donors (Lipinski definition) is 2. The maximum Gasteiger partial charge on any atom is 0.310 e. The zero-order valence-electron chi connectivity index (χ0n) is 21.3. The molecule has 0 bridgehead atoms. The molecular weight excluding hydrogens is 396 g/mol. The predicted molar refractivity (Wildman–Crippen MR) is 128 cm³/mol. The Hall–Kier alpha value is -0.830. The predicted octanol–water partition coefficient (Wildman–Crippen LogP) is 6.70. The Bertz CT molecular complexity index is 828. The number of hydrogen-bond acceptors (Lipinski definition) is 2. The van der Waals surface area contributed by atoms with Gasteiger partial charge in [-0.1, -0.05) is 53.2 Å². The highest BCUT2D eigenvalue weighted by Crippen LogP contribution is 2.72. The van der Waals surface area contributed by atoms with Crippen molar-refractivity contribution in [3.8, 4) is 0 Å². The number of carboxylic acid groups (broad SMARTS) is 1. The summed E-state index contributed by atoms with van der Waals surface area (Å²) in [4.78, 5) is 12.7. The normalized spacial score (nSPS) is 54.3. The largest absolute Gasteiger partial charge is 0.481 e. The van der Waals surface area contributed by atoms with Crippen molar-refractivity contribution >= 4 is 5.97 Å². The van der Waals surface area contributed by atoms with Gasteiger partial charge in [0.2, 0.25) is 0 Å². The maximum atomic E-state index is 12.7. The summed E-state index contributed by atoms with van der Waals surface area (Å²) in [5.74, 6) is 2.49. The molecule has 0 aliphatic heterocycles. The van der Waals surface area contributed by atoms with E-state index in [-0.39, 0.29) is 28.3 Å². The first kappa shape index (κ1) is 22.9. The second kappa shape index (κ2) is 7.09. The Balaban J connectivity index is 1.56. The number of carboxylic acids is 1. The number of aliphatic hydroxyl groups excluding tert-OH is 1. The topological polar surface area (TPSA) is 57.5 Å². The third-order valence-corrected chi connectivity index (χ3v) is 12.6. The van der Waals surface area contributed by atoms with E-state index in [0.717, 1.165) is 44.9 Å². The van der Waals surface area contributed by atoms with Crippen LogP contribution in [-0.2, 0) is 4.79 Å². The van der Waals surface area contributed by atoms with Gasteiger partial charge >= 0.3 is 5.97 Å². The van der Waals surface area contributed by atoms with Gasteiger partial charge in [-0.25, -0.2) is 0 Å². The van der Waals surface area contributed by atoms with Crippen LogP contribution in [0.3, 0.4) is 0 Å². The average molecular weight is 443 g/mol. The van der Waals surface area contributed by atoms with Crippen LogP contribution in [0.2, 0.25) is 0 Å². The second-order valence-corrected chi connectivity index (χ2v) is 13.9. The van der Waals surface area contributed by atoms with Gasteiger partial charge in [0.1, 0.15) is 0 Å². The Morgan fingerprint density at radius 1 is 0.906 bits per heavy atom. The Labute approximate surface area is 195 Å². The van der Waals surface area contributed by atoms with Gasteiger partial charge in [0.25, 0.3) is 0 Å². The summed E-state index contributed by atoms with van der Waals surface area (Å²) in [7, 11) is 0. The van der Waals surface area contributed by atoms with Crippen molar-refractivity contribution in [3.05, 3.63) is 11.6 Å². The fourth-order valence-electron chi connectivity index (χ4n) is 10.5. The van der Waals surface area contributed by atoms with E-state index in [1.54, 1.807) is 0 Å². The Kier molecular flexibility index (Phi) is 5.08. The van der Waals surface area contributed by atoms with E-state index in [2.05, 4.69) is 47.6 Å². The van der Waals surface area contributed by atoms with Crippen LogP contribution in [0, 0.1) is 57.2 Å². The molecule has 0 amide bonds. The van der Waals surface area contributed by atoms with Crippen molar-refractivity contribution in [3.63, 3.8) is 0 Å². The monoisotopic (exact) mass is 442 g/mol. The molecule has 2 N–H and O–H groups in total. The van der Waals surface area contributed by atoms with E-state index >= 15 is 0 Å². The quantitative estimate of drug-likeness (QED) is 0.444. The molecule has 180 valence electrons. The summed E-state index contributed by atoms with van der Waals surface area (Å²) in [5.41, 5.74) is 1.52. The second-order valence-electron chi connectivity index (χ2n) is 13.9. The van der Waals surface area contributed by atoms with Crippen molar-refractivity contribution < 1.29 is 15.0 Å². The van der Waals surface area contributed by atoms with Crippen LogP contribution in [0.5, 0.6) is 0 Å². The molecule has 0 saturated heterocycles. The lowest BCUT2D eigenvalue weighted by atomic mass is 9.37. The van der Waals surface area contributed by atoms with Crippen LogP contribution < -0.4 is 0 Å². The minimum atomic E-state index is -0.536. The molecule has 0 radical (unpaired) electrons. The Morgan fingerprint density at radius 2 is 1.56 bits per heavy atom. The van der Waals surface area contributed by atoms with Gasteiger partial charge in [0, 0.05) is 0 Å². The number of allylic oxidation sites excluding steroid dienone is 2. The minimum Gasteiger partial charge on any atom is -0.481 e. The van der Waals surface area contributed by atoms with Gasteiger partial charge in [-0.3, -0.25) is 4.79 Å². The molecule has 3 heteroatoms. The van der Waals surface area contributed by atoms with Crippen LogP contribution in [0.25, 0.3) is 0 Å². The molecule has 0 aromatic rings. The molecule has 32 heavy (non-hydrogen) atoms. The number of rotatable bonds is 1. The maximum absolute atomic E-state index is 12.7. The summed E-state index contributed by atoms with van der Waals surface area (Å²) in [6.07, 6.45) is 11.8. The molecule has 4 saturated carbocycles. The summed E-state index contributed by atoms with van der Waals surface area (Å²) >= 11 is 0. The van der Waals surface area contributed by atoms with Crippen LogP contribution in [0.4, 0.5) is 0 Å². The lowest BCUT2D eigenvalue weighted by molar-refractivity contribution is -0.189. The standard InChI is InChI=1S/C29H46O3/c1-17-9-15-29(25(31)32)16-10-20-19(24(29)18(17)2)7-8-22-27(20,5)13-11-21-26(3,4)23(30)12-14-28(21,22)6/h7,17-18,20-24,30H,8-16H2,1-6H3,(H,31,32). The van der Waals surface area contributed by atoms with Gasteiger partial charge in [-0.15, -0.1) is 0 Å². The van der Waals surface area contributed by atoms with Crippen molar-refractivity contribution in [2.24, 2.45) is 57.2 Å². The number of aliphatic carboxylic acids is 1. The third kappa shape index (κ3) is 2.72. The van der Waals surface area contributed by atoms with Crippen molar-refractivity contribution in [2.75, 3.05) is 0 Å². The molecular formula is C29H46O3. The molecule has 10 atom stereocenters. The van der Waals surface area contributed by atoms with E-state index in [4.69, 9.17) is 0 Å². The molecule has 0 spiro atoms. The lowest BCUT2D eigenvalue weighted by Gasteiger charge is -2.68. The van der Waals surface area contributed by atoms with Crippen molar-refractivity contribution in [1.82, 2.24) is 0 Å². The van der Waals surface area contributed by atoms with Gasteiger partial charge in [-0.2, -0.15) is 0 Å². The fourth-order valence-corrected chi connectivity index (χ4v) is 10.5. The van der Waals surface area contributed by atoms with Gasteiger partial charge in [0.05, 0.1) is 11.5 Å². The van der Waals surface area contributed by atoms with Gasteiger partial charge in [-0.05, 0) is 110 Å². The van der Waals surface area contributed by atoms with E-state index in [0.29, 0.717) is 29.6 Å². The van der Waals surface area contributed by atoms with E-state index in [9.17, 15) is 15.0 Å². The number of carbonyl (C=O) groups is 1. The third-order valence-electron chi connectivity index (χ3n) is 12.6. The zero-order valence-corrected chi connectivity index (χ0v) is 21.3. The van der Waals surface area contributed by atoms with E-state index in [1.165, 1.54) is 18.4 Å². The highest BCUT2D eigenvalue weighted by Gasteiger charge is 2.66. The summed E-state index contributed by atoms with van der Waals surface area (Å²) < 4.78 is 0. The summed E-state index contributed by atoms with van der Waals surface area (Å²) in [6, 6.07) is 0. The number of fused-ring (bicyclic) bond motifs is 7. The SMILES string of the molecule is CC1CCC2(C(=O)O)CCC3C(=CCC4C3(C)CCC3C(C)(C)C(O)CCC34C)C2C1C. The molecule has 0 heterocycles. The number of aliphatic hydroxyl groups is 1. The van der Waals surface area contributed by atoms with Gasteiger partial charge < -0.3 is 10.2 Å². The molecule has 5 aliphatic carbocycles. The highest BCUT2D eigenvalue weighted by molar-refractivity contribution is 5.76. The molecule has 10 unspecified atom stereocenters. The van der Waals surface area contributed by atoms with Crippen LogP contribution >= 0.6 is 0 Å². The smallest absolute Gasteiger partial charge is 0.310 e. The first-order valence-corrected chi connectivity index (χ1v) is 13.5. The first-order valence-electron chi connectivity index (χ1n) is 13.5. The Morgan fingerprint density at radius 3 is 2.25 bits per heavy atom. The summed E-state index contributed by atoms with van der Waals surface area (Å²) in [5, 5.41) is 21.3. The molecule has 0 aromatic heterocycles. The van der Waals surface area contributed by atoms with Crippen LogP contribution in [-0.4, -0.2) is 22.3 Å². The molecule has 5 aliphatic rings. The minimum absolute atomic E-state index is 0.0172. The van der Waals surface area contributed by atoms with Crippen LogP contribution in [0.1, 0.15) is 99.3 Å². The highest BCUT2D eigenvalue weighted by atomic mass is 16.4. The van der Waals surface area contributed by atoms with Crippen molar-refractivity contribution in [1.29, 1.82) is 0 Å². The van der Waals surface area contributed by atoms with Crippen LogP contribution in [0.15, 0.2) is 11.6 Å². The molecule has 5 rings (SSSR count). The van der Waals surface area contributed by atoms with E-state index < -0.39 is 11.4 Å². The summed E-state index contributed by atoms with van der Waals surface area (Å²) in [6.45, 7) is 14.4. The first-order chi connectivity index (χ1) is 14.9.